The van der Waals surface area contributed by atoms with Crippen LogP contribution in [0.3, 0.4) is 0 Å². The molecule has 94 valence electrons. The number of rotatable bonds is 4. The molecule has 0 aliphatic rings. The highest BCUT2D eigenvalue weighted by Crippen LogP contribution is 2.28. The van der Waals surface area contributed by atoms with E-state index >= 15 is 0 Å². The van der Waals surface area contributed by atoms with E-state index in [1.165, 1.54) is 0 Å². The van der Waals surface area contributed by atoms with Crippen LogP contribution in [-0.2, 0) is 6.42 Å². The van der Waals surface area contributed by atoms with Crippen LogP contribution in [0, 0.1) is 6.92 Å². The summed E-state index contributed by atoms with van der Waals surface area (Å²) in [6.07, 6.45) is 0.672. The van der Waals surface area contributed by atoms with E-state index in [2.05, 4.69) is 9.97 Å². The zero-order valence-electron chi connectivity index (χ0n) is 10.5. The van der Waals surface area contributed by atoms with Crippen molar-refractivity contribution in [1.82, 2.24) is 9.97 Å². The molecule has 0 saturated carbocycles. The molecule has 0 aliphatic carbocycles. The van der Waals surface area contributed by atoms with Crippen molar-refractivity contribution in [1.29, 1.82) is 0 Å². The molecule has 0 fully saturated rings. The summed E-state index contributed by atoms with van der Waals surface area (Å²) in [4.78, 5) is 8.89. The van der Waals surface area contributed by atoms with E-state index in [0.717, 1.165) is 28.5 Å². The SMILES string of the molecule is COc1ccccc1-c1cc(C)nc(CCCl)n1. The Kier molecular flexibility index (Phi) is 4.15. The fraction of sp³-hybridized carbons (Fsp3) is 0.286. The Hall–Kier alpha value is -1.61. The molecule has 0 N–H and O–H groups in total. The number of methoxy groups -OCH3 is 1. The third kappa shape index (κ3) is 2.79. The first-order chi connectivity index (χ1) is 8.74. The van der Waals surface area contributed by atoms with Crippen LogP contribution in [0.15, 0.2) is 30.3 Å². The molecule has 1 aromatic heterocycles. The van der Waals surface area contributed by atoms with Gasteiger partial charge >= 0.3 is 0 Å². The molecule has 0 saturated heterocycles. The zero-order valence-corrected chi connectivity index (χ0v) is 11.2. The average molecular weight is 263 g/mol. The number of hydrogen-bond donors (Lipinski definition) is 0. The molecule has 3 nitrogen and oxygen atoms in total. The highest BCUT2D eigenvalue weighted by Gasteiger charge is 2.08. The molecule has 0 unspecified atom stereocenters. The summed E-state index contributed by atoms with van der Waals surface area (Å²) in [7, 11) is 1.66. The lowest BCUT2D eigenvalue weighted by Crippen LogP contribution is -2.00. The van der Waals surface area contributed by atoms with E-state index in [9.17, 15) is 0 Å². The second-order valence-corrected chi connectivity index (χ2v) is 4.33. The number of hydrogen-bond acceptors (Lipinski definition) is 3. The summed E-state index contributed by atoms with van der Waals surface area (Å²) in [5.74, 6) is 2.10. The Balaban J connectivity index is 2.49. The maximum atomic E-state index is 5.74. The van der Waals surface area contributed by atoms with Crippen LogP contribution in [0.1, 0.15) is 11.5 Å². The van der Waals surface area contributed by atoms with Gasteiger partial charge in [0.2, 0.25) is 0 Å². The molecule has 0 amide bonds. The molecule has 2 aromatic rings. The summed E-state index contributed by atoms with van der Waals surface area (Å²) >= 11 is 5.74. The van der Waals surface area contributed by atoms with E-state index < -0.39 is 0 Å². The van der Waals surface area contributed by atoms with E-state index in [4.69, 9.17) is 16.3 Å². The highest BCUT2D eigenvalue weighted by atomic mass is 35.5. The Morgan fingerprint density at radius 3 is 2.72 bits per heavy atom. The minimum atomic E-state index is 0.523. The quantitative estimate of drug-likeness (QED) is 0.794. The lowest BCUT2D eigenvalue weighted by Gasteiger charge is -2.09. The van der Waals surface area contributed by atoms with Crippen molar-refractivity contribution in [3.8, 4) is 17.0 Å². The summed E-state index contributed by atoms with van der Waals surface area (Å²) < 4.78 is 5.35. The topological polar surface area (TPSA) is 35.0 Å². The number of halogens is 1. The van der Waals surface area contributed by atoms with Gasteiger partial charge in [0.05, 0.1) is 12.8 Å². The van der Waals surface area contributed by atoms with Gasteiger partial charge in [0.25, 0.3) is 0 Å². The molecular weight excluding hydrogens is 248 g/mol. The fourth-order valence-electron chi connectivity index (χ4n) is 1.82. The van der Waals surface area contributed by atoms with Gasteiger partial charge in [-0.05, 0) is 25.1 Å². The largest absolute Gasteiger partial charge is 0.496 e. The molecule has 4 heteroatoms. The maximum absolute atomic E-state index is 5.74. The van der Waals surface area contributed by atoms with Crippen molar-refractivity contribution in [2.75, 3.05) is 13.0 Å². The molecule has 1 aromatic carbocycles. The number of para-hydroxylation sites is 1. The number of nitrogens with zero attached hydrogens (tertiary/aromatic N) is 2. The molecule has 0 radical (unpaired) electrons. The van der Waals surface area contributed by atoms with E-state index in [0.29, 0.717) is 12.3 Å². The van der Waals surface area contributed by atoms with Crippen molar-refractivity contribution >= 4 is 11.6 Å². The van der Waals surface area contributed by atoms with Gasteiger partial charge in [0, 0.05) is 23.6 Å². The molecule has 2 rings (SSSR count). The molecule has 0 atom stereocenters. The predicted octanol–water partition coefficient (Wildman–Crippen LogP) is 3.24. The minimum absolute atomic E-state index is 0.523. The summed E-state index contributed by atoms with van der Waals surface area (Å²) in [5, 5.41) is 0. The molecule has 1 heterocycles. The molecule has 18 heavy (non-hydrogen) atoms. The number of alkyl halides is 1. The van der Waals surface area contributed by atoms with Crippen molar-refractivity contribution in [2.45, 2.75) is 13.3 Å². The lowest BCUT2D eigenvalue weighted by molar-refractivity contribution is 0.416. The van der Waals surface area contributed by atoms with Gasteiger partial charge in [-0.1, -0.05) is 12.1 Å². The molecule has 0 bridgehead atoms. The minimum Gasteiger partial charge on any atom is -0.496 e. The predicted molar refractivity (Wildman–Crippen MR) is 73.2 cm³/mol. The number of aromatic nitrogens is 2. The van der Waals surface area contributed by atoms with Gasteiger partial charge in [0.15, 0.2) is 0 Å². The third-order valence-electron chi connectivity index (χ3n) is 2.60. The average Bonchev–Trinajstić information content (AvgIpc) is 2.38. The second-order valence-electron chi connectivity index (χ2n) is 3.95. The van der Waals surface area contributed by atoms with E-state index in [1.807, 2.05) is 37.3 Å². The first-order valence-electron chi connectivity index (χ1n) is 5.78. The standard InChI is InChI=1S/C14H15ClN2O/c1-10-9-12(17-14(16-10)7-8-15)11-5-3-4-6-13(11)18-2/h3-6,9H,7-8H2,1-2H3. The first-order valence-corrected chi connectivity index (χ1v) is 6.32. The maximum Gasteiger partial charge on any atom is 0.130 e. The van der Waals surface area contributed by atoms with Crippen LogP contribution in [0.4, 0.5) is 0 Å². The first kappa shape index (κ1) is 12.8. The Bertz CT molecular complexity index is 543. The van der Waals surface area contributed by atoms with Gasteiger partial charge in [-0.3, -0.25) is 0 Å². The summed E-state index contributed by atoms with van der Waals surface area (Å²) in [6, 6.07) is 9.78. The normalized spacial score (nSPS) is 10.4. The number of aryl methyl sites for hydroxylation is 2. The number of ether oxygens (including phenoxy) is 1. The van der Waals surface area contributed by atoms with E-state index in [1.54, 1.807) is 7.11 Å². The van der Waals surface area contributed by atoms with Gasteiger partial charge in [0.1, 0.15) is 11.6 Å². The van der Waals surface area contributed by atoms with Gasteiger partial charge in [-0.15, -0.1) is 11.6 Å². The van der Waals surface area contributed by atoms with Gasteiger partial charge < -0.3 is 4.74 Å². The Labute approximate surface area is 112 Å². The Morgan fingerprint density at radius 2 is 2.00 bits per heavy atom. The monoisotopic (exact) mass is 262 g/mol. The summed E-state index contributed by atoms with van der Waals surface area (Å²) in [6.45, 7) is 1.96. The lowest BCUT2D eigenvalue weighted by atomic mass is 10.1. The van der Waals surface area contributed by atoms with Gasteiger partial charge in [-0.25, -0.2) is 9.97 Å². The summed E-state index contributed by atoms with van der Waals surface area (Å²) in [5.41, 5.74) is 2.78. The van der Waals surface area contributed by atoms with Crippen LogP contribution < -0.4 is 4.74 Å². The highest BCUT2D eigenvalue weighted by molar-refractivity contribution is 6.17. The smallest absolute Gasteiger partial charge is 0.130 e. The van der Waals surface area contributed by atoms with Crippen LogP contribution in [-0.4, -0.2) is 23.0 Å². The van der Waals surface area contributed by atoms with Crippen molar-refractivity contribution in [3.63, 3.8) is 0 Å². The third-order valence-corrected chi connectivity index (χ3v) is 2.79. The number of benzene rings is 1. The molecular formula is C14H15ClN2O. The van der Waals surface area contributed by atoms with Crippen molar-refractivity contribution in [2.24, 2.45) is 0 Å². The van der Waals surface area contributed by atoms with Crippen LogP contribution >= 0.6 is 11.6 Å². The Morgan fingerprint density at radius 1 is 1.22 bits per heavy atom. The van der Waals surface area contributed by atoms with Crippen molar-refractivity contribution in [3.05, 3.63) is 41.9 Å². The van der Waals surface area contributed by atoms with Gasteiger partial charge in [-0.2, -0.15) is 0 Å². The van der Waals surface area contributed by atoms with Crippen LogP contribution in [0.25, 0.3) is 11.3 Å². The van der Waals surface area contributed by atoms with Crippen LogP contribution in [0.5, 0.6) is 5.75 Å². The van der Waals surface area contributed by atoms with E-state index in [-0.39, 0.29) is 0 Å². The molecule has 0 spiro atoms. The second kappa shape index (κ2) is 5.83. The van der Waals surface area contributed by atoms with Crippen LogP contribution in [0.2, 0.25) is 0 Å². The zero-order chi connectivity index (χ0) is 13.0. The van der Waals surface area contributed by atoms with Crippen molar-refractivity contribution < 1.29 is 4.74 Å². The fourth-order valence-corrected chi connectivity index (χ4v) is 1.99. The molecule has 0 aliphatic heterocycles.